The second-order valence-corrected chi connectivity index (χ2v) is 28.3. The fourth-order valence-corrected chi connectivity index (χ4v) is 13.9. The molecule has 602 valence electrons. The lowest BCUT2D eigenvalue weighted by Crippen LogP contribution is -2.69. The molecule has 0 bridgehead atoms. The van der Waals surface area contributed by atoms with Crippen molar-refractivity contribution in [1.82, 2.24) is 0 Å². The average Bonchev–Trinajstić information content (AvgIpc) is 0.763. The van der Waals surface area contributed by atoms with E-state index in [1.165, 1.54) is 41.7 Å². The van der Waals surface area contributed by atoms with Crippen molar-refractivity contribution in [2.45, 2.75) is 391 Å². The number of carbonyl (C=O) groups is 2. The first-order valence-electron chi connectivity index (χ1n) is 36.4. The molecule has 0 saturated carbocycles. The van der Waals surface area contributed by atoms with Crippen molar-refractivity contribution >= 4 is 11.9 Å². The van der Waals surface area contributed by atoms with Gasteiger partial charge < -0.3 is 168 Å². The Morgan fingerprint density at radius 1 is 0.340 bits per heavy atom. The fraction of sp³-hybridized carbons (Fsp3) is 0.970. The quantitative estimate of drug-likeness (QED) is 0.0205. The summed E-state index contributed by atoms with van der Waals surface area (Å²) in [4.78, 5) is 26.4. The topological polar surface area (TPSA) is 546 Å². The van der Waals surface area contributed by atoms with Crippen LogP contribution in [0.3, 0.4) is 0 Å². The molecule has 0 radical (unpaired) electrons. The molecule has 7 fully saturated rings. The van der Waals surface area contributed by atoms with E-state index in [9.17, 15) is 102 Å². The van der Waals surface area contributed by atoms with Crippen LogP contribution >= 0.6 is 0 Å². The van der Waals surface area contributed by atoms with Crippen LogP contribution in [0.1, 0.15) is 158 Å². The van der Waals surface area contributed by atoms with Gasteiger partial charge in [0.15, 0.2) is 50.1 Å². The molecule has 103 heavy (non-hydrogen) atoms. The molecular weight excluding hydrogens is 1380 g/mol. The predicted octanol–water partition coefficient (Wildman–Crippen LogP) is -4.63. The highest BCUT2D eigenvalue weighted by atomic mass is 16.8. The van der Waals surface area contributed by atoms with Crippen LogP contribution in [0.2, 0.25) is 0 Å². The number of hydrogen-bond donors (Lipinski definition) is 18. The largest absolute Gasteiger partial charge is 0.469 e. The van der Waals surface area contributed by atoms with E-state index in [4.69, 9.17) is 71.1 Å². The second-order valence-electron chi connectivity index (χ2n) is 28.3. The first kappa shape index (κ1) is 87.9. The molecular formula is C67H118O36. The minimum absolute atomic E-state index is 0.0982. The third-order valence-electron chi connectivity index (χ3n) is 20.3. The lowest BCUT2D eigenvalue weighted by atomic mass is 9.95. The molecule has 0 spiro atoms. The Morgan fingerprint density at radius 3 is 1.16 bits per heavy atom. The normalized spacial score (nSPS) is 44.2. The molecule has 0 aliphatic carbocycles. The predicted molar refractivity (Wildman–Crippen MR) is 345 cm³/mol. The Kier molecular flexibility index (Phi) is 35.5. The van der Waals surface area contributed by atoms with Crippen LogP contribution in [0.5, 0.6) is 0 Å². The maximum Gasteiger partial charge on any atom is 0.308 e. The van der Waals surface area contributed by atoms with Gasteiger partial charge in [-0.2, -0.15) is 0 Å². The van der Waals surface area contributed by atoms with Crippen LogP contribution in [0.25, 0.3) is 0 Å². The van der Waals surface area contributed by atoms with Gasteiger partial charge in [-0.05, 0) is 73.1 Å². The Bertz CT molecular complexity index is 2450. The Balaban J connectivity index is 1.22. The number of ether oxygens (including phenoxy) is 16. The van der Waals surface area contributed by atoms with Crippen molar-refractivity contribution in [3.63, 3.8) is 0 Å². The Labute approximate surface area is 598 Å². The van der Waals surface area contributed by atoms with E-state index in [0.717, 1.165) is 19.3 Å². The maximum absolute atomic E-state index is 14.8. The fourth-order valence-electron chi connectivity index (χ4n) is 13.9. The van der Waals surface area contributed by atoms with E-state index in [2.05, 4.69) is 4.74 Å². The van der Waals surface area contributed by atoms with E-state index in [1.54, 1.807) is 0 Å². The van der Waals surface area contributed by atoms with Crippen molar-refractivity contribution in [1.29, 1.82) is 0 Å². The first-order chi connectivity index (χ1) is 48.9. The summed E-state index contributed by atoms with van der Waals surface area (Å²) in [6, 6.07) is 0. The summed E-state index contributed by atoms with van der Waals surface area (Å²) in [7, 11) is 1.25. The van der Waals surface area contributed by atoms with Gasteiger partial charge in [-0.25, -0.2) is 0 Å². The van der Waals surface area contributed by atoms with Crippen molar-refractivity contribution in [3.8, 4) is 0 Å². The highest BCUT2D eigenvalue weighted by Crippen LogP contribution is 2.40. The number of aliphatic hydroxyl groups excluding tert-OH is 18. The molecule has 36 heteroatoms. The first-order valence-corrected chi connectivity index (χ1v) is 36.4. The number of hydrogen-bond acceptors (Lipinski definition) is 36. The molecule has 7 saturated heterocycles. The van der Waals surface area contributed by atoms with E-state index < -0.39 is 265 Å². The van der Waals surface area contributed by atoms with Gasteiger partial charge in [0.1, 0.15) is 134 Å². The molecule has 38 atom stereocenters. The Hall–Kier alpha value is -2.34. The Morgan fingerprint density at radius 2 is 0.689 bits per heavy atom. The minimum atomic E-state index is -2.17. The van der Waals surface area contributed by atoms with E-state index in [-0.39, 0.29) is 12.8 Å². The van der Waals surface area contributed by atoms with E-state index >= 15 is 0 Å². The van der Waals surface area contributed by atoms with Gasteiger partial charge in [0.2, 0.25) is 0 Å². The third-order valence-corrected chi connectivity index (χ3v) is 20.3. The summed E-state index contributed by atoms with van der Waals surface area (Å²) < 4.78 is 98.2. The summed E-state index contributed by atoms with van der Waals surface area (Å²) in [5.41, 5.74) is 0. The van der Waals surface area contributed by atoms with E-state index in [1.807, 2.05) is 13.8 Å². The number of methoxy groups -OCH3 is 1. The molecule has 7 aliphatic heterocycles. The van der Waals surface area contributed by atoms with Gasteiger partial charge in [-0.3, -0.25) is 9.59 Å². The van der Waals surface area contributed by atoms with Gasteiger partial charge in [0, 0.05) is 6.42 Å². The van der Waals surface area contributed by atoms with Gasteiger partial charge in [-0.1, -0.05) is 71.6 Å². The number of carbonyl (C=O) groups excluding carboxylic acids is 2. The zero-order valence-electron chi connectivity index (χ0n) is 59.8. The molecule has 0 unspecified atom stereocenters. The molecule has 7 rings (SSSR count). The smallest absolute Gasteiger partial charge is 0.308 e. The van der Waals surface area contributed by atoms with Gasteiger partial charge in [0.25, 0.3) is 0 Å². The van der Waals surface area contributed by atoms with Crippen molar-refractivity contribution < 1.29 is 177 Å². The van der Waals surface area contributed by atoms with Crippen molar-refractivity contribution in [3.05, 3.63) is 0 Å². The highest BCUT2D eigenvalue weighted by molar-refractivity contribution is 5.70. The number of rotatable bonds is 37. The number of esters is 2. The van der Waals surface area contributed by atoms with Crippen LogP contribution < -0.4 is 0 Å². The second kappa shape index (κ2) is 41.6. The average molecular weight is 1500 g/mol. The van der Waals surface area contributed by atoms with Crippen LogP contribution in [0, 0.1) is 0 Å². The van der Waals surface area contributed by atoms with Crippen LogP contribution in [-0.2, 0) is 85.4 Å². The van der Waals surface area contributed by atoms with Gasteiger partial charge in [0.05, 0.1) is 75.6 Å². The lowest BCUT2D eigenvalue weighted by Gasteiger charge is -2.51. The summed E-state index contributed by atoms with van der Waals surface area (Å²) in [6.07, 6.45) is -55.8. The van der Waals surface area contributed by atoms with Crippen LogP contribution in [-0.4, -0.2) is 357 Å². The minimum Gasteiger partial charge on any atom is -0.469 e. The molecule has 0 amide bonds. The highest BCUT2D eigenvalue weighted by Gasteiger charge is 2.60. The zero-order valence-corrected chi connectivity index (χ0v) is 59.8. The summed E-state index contributed by atoms with van der Waals surface area (Å²) in [5.74, 6) is -1.53. The van der Waals surface area contributed by atoms with Crippen molar-refractivity contribution in [2.75, 3.05) is 20.3 Å². The lowest BCUT2D eigenvalue weighted by molar-refractivity contribution is -0.414. The maximum atomic E-state index is 14.8. The molecule has 36 nitrogen and oxygen atoms in total. The monoisotopic (exact) mass is 1500 g/mol. The van der Waals surface area contributed by atoms with Crippen LogP contribution in [0.15, 0.2) is 0 Å². The number of aliphatic hydroxyl groups is 18. The van der Waals surface area contributed by atoms with Gasteiger partial charge >= 0.3 is 11.9 Å². The zero-order chi connectivity index (χ0) is 75.8. The molecule has 7 aliphatic rings. The van der Waals surface area contributed by atoms with Crippen LogP contribution in [0.4, 0.5) is 0 Å². The molecule has 7 heterocycles. The summed E-state index contributed by atoms with van der Waals surface area (Å²) in [5, 5.41) is 199. The SMILES string of the molecule is CCC[C@@H](CCCCCC(=O)O[C@H]1[C@H](O[C@H]2[C@H](O[C@H]3[C@@H](O[C@@H](CCC)CCCCCCC[C@H](O)CC(=O)OC)O[C@H](C)[C@H](O)[C@@H]3O)O[C@H](CO)[C@@H](O)[C@@H]2O)O[C@@H](C)[C@H](O[C@@H]2O[C@H](C)[C@@H](O)[C@H](O)[C@H]2O)[C@H]1O[C@@H]1O[C@H](CO)[C@@H](O)[C@H](O)[C@H]1O[C@@H]1O[C@H](C)[C@@H](O)[C@H](O)[C@H]1O)O[C@@H]1O[C@H](C)[C@@H](O)[C@H](O)[C@H]1O. The standard InChI is InChI=1S/C67H118O36/c1-9-19-34(94-61-52(85)46(79)40(73)28(3)89-61)23-17-14-18-24-38(71)98-60-59(103-66-57(50(83)44(77)37(27-69)97-66)100-63-54(87)48(81)42(75)30(5)91-63)55(99-62-53(86)47(80)41(74)29(4)90-62)32(7)93-67(60)102-58-51(84)45(78)36(26-68)96-65(58)101-56-49(82)43(76)31(6)92-64(56)95-35(20-10-2)22-16-13-11-12-15-21-33(70)25-39(72)88-8/h28-37,40-70,73-87H,9-27H2,1-8H3/t28-,29-,30-,31-,32+,33+,34+,35+,36-,37-,40-,41-,42-,43+,44-,45-,46+,47+,48+,49+,50+,51+,52-,53-,54-,55+,56-,57-,58-,59-,60-,61+,62+,63+,64-,65+,66+,67+/m1/s1. The molecule has 0 aromatic rings. The van der Waals surface area contributed by atoms with E-state index in [0.29, 0.717) is 70.6 Å². The summed E-state index contributed by atoms with van der Waals surface area (Å²) >= 11 is 0. The molecule has 18 N–H and O–H groups in total. The van der Waals surface area contributed by atoms with Crippen molar-refractivity contribution in [2.24, 2.45) is 0 Å². The molecule has 0 aromatic carbocycles. The third kappa shape index (κ3) is 22.9. The molecule has 0 aromatic heterocycles. The van der Waals surface area contributed by atoms with Gasteiger partial charge in [-0.15, -0.1) is 0 Å². The number of unbranched alkanes of at least 4 members (excludes halogenated alkanes) is 6. The summed E-state index contributed by atoms with van der Waals surface area (Å²) in [6.45, 7) is 8.90.